The zero-order chi connectivity index (χ0) is 23.0. The van der Waals surface area contributed by atoms with Gasteiger partial charge in [0.05, 0.1) is 49.2 Å². The van der Waals surface area contributed by atoms with E-state index in [9.17, 15) is 9.59 Å². The maximum Gasteiger partial charge on any atom is 0.343 e. The van der Waals surface area contributed by atoms with Crippen LogP contribution in [0, 0.1) is 0 Å². The number of esters is 1. The number of morpholine rings is 1. The topological polar surface area (TPSA) is 79.2 Å². The Hall–Kier alpha value is -2.55. The third kappa shape index (κ3) is 3.87. The molecule has 2 aliphatic heterocycles. The van der Waals surface area contributed by atoms with Crippen LogP contribution in [0.15, 0.2) is 29.2 Å². The van der Waals surface area contributed by atoms with Crippen LogP contribution in [0.1, 0.15) is 42.2 Å². The fraction of sp³-hybridized carbons (Fsp3) is 0.478. The molecule has 0 aliphatic carbocycles. The van der Waals surface area contributed by atoms with Crippen LogP contribution in [0.25, 0.3) is 11.3 Å². The minimum Gasteiger partial charge on any atom is -0.492 e. The second kappa shape index (κ2) is 8.77. The highest BCUT2D eigenvalue weighted by atomic mass is 35.5. The molecular formula is C23H27ClN2O6. The van der Waals surface area contributed by atoms with Crippen LogP contribution < -0.4 is 15.2 Å². The van der Waals surface area contributed by atoms with E-state index in [4.69, 9.17) is 30.5 Å². The predicted molar refractivity (Wildman–Crippen MR) is 120 cm³/mol. The molecule has 9 heteroatoms. The zero-order valence-electron chi connectivity index (χ0n) is 18.6. The summed E-state index contributed by atoms with van der Waals surface area (Å²) in [5.74, 6) is -0.0941. The first kappa shape index (κ1) is 22.6. The van der Waals surface area contributed by atoms with E-state index in [1.807, 2.05) is 16.8 Å². The first-order valence-corrected chi connectivity index (χ1v) is 10.8. The summed E-state index contributed by atoms with van der Waals surface area (Å²) in [4.78, 5) is 25.0. The van der Waals surface area contributed by atoms with Gasteiger partial charge in [-0.1, -0.05) is 11.6 Å². The van der Waals surface area contributed by atoms with Crippen LogP contribution in [0.2, 0.25) is 5.02 Å². The summed E-state index contributed by atoms with van der Waals surface area (Å²) in [5, 5.41) is 2.59. The van der Waals surface area contributed by atoms with Crippen molar-refractivity contribution >= 4 is 17.6 Å². The second-order valence-electron chi connectivity index (χ2n) is 8.53. The lowest BCUT2D eigenvalue weighted by Crippen LogP contribution is -2.61. The maximum absolute atomic E-state index is 12.8. The summed E-state index contributed by atoms with van der Waals surface area (Å²) < 4.78 is 23.6. The van der Waals surface area contributed by atoms with Gasteiger partial charge in [0.25, 0.3) is 0 Å². The van der Waals surface area contributed by atoms with Crippen molar-refractivity contribution in [2.45, 2.75) is 31.8 Å². The monoisotopic (exact) mass is 462 g/mol. The highest BCUT2D eigenvalue weighted by Crippen LogP contribution is 2.45. The van der Waals surface area contributed by atoms with Crippen LogP contribution in [-0.2, 0) is 14.2 Å². The Morgan fingerprint density at radius 3 is 2.75 bits per heavy atom. The molecule has 32 heavy (non-hydrogen) atoms. The molecule has 0 amide bonds. The predicted octanol–water partition coefficient (Wildman–Crippen LogP) is 3.17. The number of methoxy groups -OCH3 is 2. The summed E-state index contributed by atoms with van der Waals surface area (Å²) in [7, 11) is 2.91. The van der Waals surface area contributed by atoms with Gasteiger partial charge in [-0.25, -0.2) is 4.79 Å². The summed E-state index contributed by atoms with van der Waals surface area (Å²) in [5.41, 5.74) is 1.57. The molecule has 8 nitrogen and oxygen atoms in total. The first-order chi connectivity index (χ1) is 15.3. The van der Waals surface area contributed by atoms with Gasteiger partial charge in [-0.3, -0.25) is 14.5 Å². The number of ether oxygens (including phenoxy) is 4. The molecule has 1 saturated heterocycles. The van der Waals surface area contributed by atoms with Crippen LogP contribution >= 0.6 is 11.6 Å². The largest absolute Gasteiger partial charge is 0.492 e. The van der Waals surface area contributed by atoms with Gasteiger partial charge in [-0.05, 0) is 31.5 Å². The van der Waals surface area contributed by atoms with Crippen molar-refractivity contribution in [3.63, 3.8) is 0 Å². The number of fused-ring (bicyclic) bond motifs is 6. The van der Waals surface area contributed by atoms with E-state index in [1.54, 1.807) is 13.3 Å². The highest BCUT2D eigenvalue weighted by Gasteiger charge is 2.43. The van der Waals surface area contributed by atoms with Gasteiger partial charge in [0, 0.05) is 38.0 Å². The van der Waals surface area contributed by atoms with Crippen molar-refractivity contribution in [3.05, 3.63) is 50.8 Å². The van der Waals surface area contributed by atoms with Gasteiger partial charge in [0.15, 0.2) is 5.43 Å². The molecule has 0 bridgehead atoms. The van der Waals surface area contributed by atoms with Crippen molar-refractivity contribution in [3.8, 4) is 17.0 Å². The summed E-state index contributed by atoms with van der Waals surface area (Å²) in [6, 6.07) is 5.04. The molecule has 0 spiro atoms. The van der Waals surface area contributed by atoms with E-state index < -0.39 is 16.9 Å². The van der Waals surface area contributed by atoms with Gasteiger partial charge in [0.1, 0.15) is 11.3 Å². The van der Waals surface area contributed by atoms with Gasteiger partial charge < -0.3 is 18.9 Å². The smallest absolute Gasteiger partial charge is 0.343 e. The normalized spacial score (nSPS) is 18.4. The molecule has 0 N–H and O–H groups in total. The number of aromatic nitrogens is 1. The Morgan fingerprint density at radius 1 is 1.25 bits per heavy atom. The van der Waals surface area contributed by atoms with Gasteiger partial charge >= 0.3 is 5.97 Å². The standard InChI is InChI=1S/C23H27ClN2O6/c1-23(2)13-31-12-19-15-9-21(32-7-5-6-29-3)17(24)8-14(15)18-10-20(27)16(22(28)30-4)11-25(18)26(19)23/h8-11,19H,5-7,12-13H2,1-4H3. The van der Waals surface area contributed by atoms with Crippen molar-refractivity contribution < 1.29 is 23.7 Å². The number of carbonyl (C=O) groups is 1. The minimum absolute atomic E-state index is 0.0232. The quantitative estimate of drug-likeness (QED) is 0.482. The summed E-state index contributed by atoms with van der Waals surface area (Å²) >= 11 is 6.55. The highest BCUT2D eigenvalue weighted by molar-refractivity contribution is 6.32. The van der Waals surface area contributed by atoms with E-state index >= 15 is 0 Å². The second-order valence-corrected chi connectivity index (χ2v) is 8.93. The molecular weight excluding hydrogens is 436 g/mol. The number of nitrogens with zero attached hydrogens (tertiary/aromatic N) is 2. The molecule has 1 unspecified atom stereocenters. The molecule has 172 valence electrons. The lowest BCUT2D eigenvalue weighted by molar-refractivity contribution is 0.0176. The number of benzene rings is 1. The maximum atomic E-state index is 12.8. The number of pyridine rings is 1. The zero-order valence-corrected chi connectivity index (χ0v) is 19.4. The molecule has 1 atom stereocenters. The van der Waals surface area contributed by atoms with Gasteiger partial charge in [0.2, 0.25) is 0 Å². The number of hydrogen-bond donors (Lipinski definition) is 0. The van der Waals surface area contributed by atoms with Crippen LogP contribution in [0.5, 0.6) is 5.75 Å². The summed E-state index contributed by atoms with van der Waals surface area (Å²) in [6.45, 7) is 6.12. The fourth-order valence-corrected chi connectivity index (χ4v) is 4.59. The molecule has 3 heterocycles. The molecule has 2 aliphatic rings. The van der Waals surface area contributed by atoms with E-state index in [1.165, 1.54) is 13.2 Å². The van der Waals surface area contributed by atoms with E-state index in [0.717, 1.165) is 17.5 Å². The SMILES string of the molecule is COCCCOc1cc2c(cc1Cl)-c1cc(=O)c(C(=O)OC)cn1N1C2COCC1(C)C. The van der Waals surface area contributed by atoms with E-state index in [0.29, 0.717) is 42.9 Å². The Labute approximate surface area is 191 Å². The van der Waals surface area contributed by atoms with Crippen LogP contribution in [-0.4, -0.2) is 56.8 Å². The number of hydrogen-bond acceptors (Lipinski definition) is 7. The third-order valence-corrected chi connectivity index (χ3v) is 6.10. The van der Waals surface area contributed by atoms with E-state index in [-0.39, 0.29) is 11.6 Å². The Morgan fingerprint density at radius 2 is 2.03 bits per heavy atom. The molecule has 0 saturated carbocycles. The summed E-state index contributed by atoms with van der Waals surface area (Å²) in [6.07, 6.45) is 2.29. The number of rotatable bonds is 6. The van der Waals surface area contributed by atoms with Gasteiger partial charge in [-0.15, -0.1) is 0 Å². The van der Waals surface area contributed by atoms with Crippen molar-refractivity contribution in [1.29, 1.82) is 0 Å². The Bertz CT molecular complexity index is 1100. The Balaban J connectivity index is 1.88. The number of carbonyl (C=O) groups excluding carboxylic acids is 1. The lowest BCUT2D eigenvalue weighted by atomic mass is 9.90. The molecule has 0 radical (unpaired) electrons. The van der Waals surface area contributed by atoms with Crippen molar-refractivity contribution in [2.75, 3.05) is 45.7 Å². The molecule has 4 rings (SSSR count). The molecule has 1 fully saturated rings. The van der Waals surface area contributed by atoms with Crippen LogP contribution in [0.3, 0.4) is 0 Å². The van der Waals surface area contributed by atoms with Gasteiger partial charge in [-0.2, -0.15) is 0 Å². The lowest BCUT2D eigenvalue weighted by Gasteiger charge is -2.53. The third-order valence-electron chi connectivity index (χ3n) is 5.80. The minimum atomic E-state index is -0.670. The Kier molecular flexibility index (Phi) is 6.20. The van der Waals surface area contributed by atoms with E-state index in [2.05, 4.69) is 18.9 Å². The first-order valence-electron chi connectivity index (χ1n) is 10.5. The fourth-order valence-electron chi connectivity index (χ4n) is 4.37. The molecule has 1 aromatic heterocycles. The van der Waals surface area contributed by atoms with Crippen molar-refractivity contribution in [1.82, 2.24) is 4.68 Å². The molecule has 2 aromatic rings. The molecule has 1 aromatic carbocycles. The number of halogens is 1. The average Bonchev–Trinajstić information content (AvgIpc) is 2.76. The van der Waals surface area contributed by atoms with Crippen molar-refractivity contribution in [2.24, 2.45) is 0 Å². The van der Waals surface area contributed by atoms with Crippen LogP contribution in [0.4, 0.5) is 0 Å². The average molecular weight is 463 g/mol.